The first kappa shape index (κ1) is 23.8. The molecule has 0 radical (unpaired) electrons. The molecule has 3 aromatic rings. The van der Waals surface area contributed by atoms with E-state index in [-0.39, 0.29) is 32.8 Å². The van der Waals surface area contributed by atoms with Gasteiger partial charge in [-0.2, -0.15) is 0 Å². The average molecular weight is 496 g/mol. The Bertz CT molecular complexity index is 1240. The Morgan fingerprint density at radius 1 is 1.19 bits per heavy atom. The number of ether oxygens (including phenoxy) is 2. The number of carbonyl (C=O) groups excluding carboxylic acids is 3. The molecule has 0 aliphatic heterocycles. The summed E-state index contributed by atoms with van der Waals surface area (Å²) in [6.45, 7) is 4.71. The monoisotopic (exact) mass is 495 g/mol. The number of aryl methyl sites for hydroxylation is 1. The number of carbonyl (C=O) groups is 3. The van der Waals surface area contributed by atoms with Crippen molar-refractivity contribution in [1.29, 1.82) is 0 Å². The minimum Gasteiger partial charge on any atom is -0.480 e. The molecular formula is C21H19Cl2N3O5S. The smallest absolute Gasteiger partial charge is 0.341 e. The number of thiophene rings is 1. The first-order valence-corrected chi connectivity index (χ1v) is 11.0. The molecule has 0 atom stereocenters. The Balaban J connectivity index is 1.86. The van der Waals surface area contributed by atoms with Crippen molar-refractivity contribution in [3.63, 3.8) is 0 Å². The number of nitrogens with one attached hydrogen (secondary N) is 1. The van der Waals surface area contributed by atoms with Gasteiger partial charge >= 0.3 is 5.97 Å². The van der Waals surface area contributed by atoms with Gasteiger partial charge in [-0.15, -0.1) is 11.3 Å². The number of hydrogen-bond donors (Lipinski definition) is 2. The van der Waals surface area contributed by atoms with Crippen molar-refractivity contribution < 1.29 is 23.9 Å². The van der Waals surface area contributed by atoms with Crippen molar-refractivity contribution in [2.45, 2.75) is 20.8 Å². The molecule has 32 heavy (non-hydrogen) atoms. The minimum absolute atomic E-state index is 0.0752. The molecule has 2 heterocycles. The maximum absolute atomic E-state index is 12.6. The van der Waals surface area contributed by atoms with Gasteiger partial charge in [0.1, 0.15) is 10.5 Å². The number of hydrogen-bond acceptors (Lipinski definition) is 7. The first-order chi connectivity index (χ1) is 15.1. The molecule has 2 amide bonds. The number of aromatic nitrogens is 1. The molecule has 0 spiro atoms. The molecule has 11 heteroatoms. The Morgan fingerprint density at radius 2 is 1.91 bits per heavy atom. The van der Waals surface area contributed by atoms with E-state index in [1.807, 2.05) is 0 Å². The summed E-state index contributed by atoms with van der Waals surface area (Å²) in [5.74, 6) is -1.76. The fraction of sp³-hybridized carbons (Fsp3) is 0.238. The number of nitrogens with two attached hydrogens (primary N) is 1. The predicted molar refractivity (Wildman–Crippen MR) is 124 cm³/mol. The van der Waals surface area contributed by atoms with E-state index in [0.717, 1.165) is 17.0 Å². The topological polar surface area (TPSA) is 121 Å². The second kappa shape index (κ2) is 9.72. The third-order valence-electron chi connectivity index (χ3n) is 4.43. The average Bonchev–Trinajstić information content (AvgIpc) is 3.03. The number of rotatable bonds is 7. The number of anilines is 1. The van der Waals surface area contributed by atoms with Gasteiger partial charge in [-0.25, -0.2) is 9.78 Å². The molecule has 0 aliphatic rings. The molecule has 0 saturated heterocycles. The zero-order valence-corrected chi connectivity index (χ0v) is 19.7. The normalized spacial score (nSPS) is 10.8. The van der Waals surface area contributed by atoms with E-state index in [0.29, 0.717) is 21.5 Å². The van der Waals surface area contributed by atoms with E-state index in [9.17, 15) is 14.4 Å². The summed E-state index contributed by atoms with van der Waals surface area (Å²) in [6.07, 6.45) is 0. The van der Waals surface area contributed by atoms with Crippen LogP contribution in [0.1, 0.15) is 38.2 Å². The zero-order chi connectivity index (χ0) is 23.6. The number of fused-ring (bicyclic) bond motifs is 1. The van der Waals surface area contributed by atoms with Crippen molar-refractivity contribution in [2.75, 3.05) is 18.5 Å². The number of nitrogens with zero attached hydrogens (tertiary/aromatic N) is 1. The summed E-state index contributed by atoms with van der Waals surface area (Å²) in [5.41, 5.74) is 6.93. The summed E-state index contributed by atoms with van der Waals surface area (Å²) in [7, 11) is 0. The standard InChI is InChI=1S/C21H19Cl2N3O5S/c1-4-30-21(29)15-10(3)18(19(24)28)32-20(15)26-14(27)8-31-17-13(23)7-12(22)11-6-5-9(2)25-16(11)17/h5-7H,4,8H2,1-3H3,(H2,24,28)(H,26,27). The van der Waals surface area contributed by atoms with Gasteiger partial charge in [0.05, 0.1) is 27.1 Å². The molecule has 0 aliphatic carbocycles. The number of benzene rings is 1. The van der Waals surface area contributed by atoms with Crippen LogP contribution in [0, 0.1) is 13.8 Å². The number of amides is 2. The first-order valence-electron chi connectivity index (χ1n) is 9.42. The van der Waals surface area contributed by atoms with Gasteiger partial charge in [0.2, 0.25) is 0 Å². The lowest BCUT2D eigenvalue weighted by atomic mass is 10.1. The van der Waals surface area contributed by atoms with Gasteiger partial charge in [-0.1, -0.05) is 23.2 Å². The molecular weight excluding hydrogens is 477 g/mol. The van der Waals surface area contributed by atoms with Crippen LogP contribution in [0.4, 0.5) is 5.00 Å². The van der Waals surface area contributed by atoms with Crippen molar-refractivity contribution in [3.05, 3.63) is 49.9 Å². The molecule has 3 N–H and O–H groups in total. The van der Waals surface area contributed by atoms with E-state index in [2.05, 4.69) is 10.3 Å². The number of primary amides is 1. The van der Waals surface area contributed by atoms with Crippen LogP contribution < -0.4 is 15.8 Å². The molecule has 168 valence electrons. The highest BCUT2D eigenvalue weighted by Gasteiger charge is 2.26. The van der Waals surface area contributed by atoms with Crippen LogP contribution in [0.3, 0.4) is 0 Å². The predicted octanol–water partition coefficient (Wildman–Crippen LogP) is 4.51. The van der Waals surface area contributed by atoms with Crippen molar-refractivity contribution >= 4 is 68.2 Å². The maximum atomic E-state index is 12.6. The fourth-order valence-electron chi connectivity index (χ4n) is 3.01. The van der Waals surface area contributed by atoms with Crippen LogP contribution in [-0.4, -0.2) is 36.0 Å². The van der Waals surface area contributed by atoms with Gasteiger partial charge in [0, 0.05) is 11.1 Å². The lowest BCUT2D eigenvalue weighted by Gasteiger charge is -2.12. The van der Waals surface area contributed by atoms with E-state index in [4.69, 9.17) is 38.4 Å². The van der Waals surface area contributed by atoms with Gasteiger partial charge in [-0.05, 0) is 44.5 Å². The highest BCUT2D eigenvalue weighted by atomic mass is 35.5. The highest BCUT2D eigenvalue weighted by molar-refractivity contribution is 7.18. The largest absolute Gasteiger partial charge is 0.480 e. The number of pyridine rings is 1. The van der Waals surface area contributed by atoms with E-state index in [1.165, 1.54) is 6.07 Å². The third-order valence-corrected chi connectivity index (χ3v) is 6.24. The summed E-state index contributed by atoms with van der Waals surface area (Å²) in [5, 5.41) is 3.95. The second-order valence-corrected chi connectivity index (χ2v) is 8.54. The van der Waals surface area contributed by atoms with E-state index >= 15 is 0 Å². The fourth-order valence-corrected chi connectivity index (χ4v) is 4.65. The molecule has 0 saturated carbocycles. The lowest BCUT2D eigenvalue weighted by Crippen LogP contribution is -2.21. The Hall–Kier alpha value is -2.88. The second-order valence-electron chi connectivity index (χ2n) is 6.70. The van der Waals surface area contributed by atoms with Crippen molar-refractivity contribution in [1.82, 2.24) is 4.98 Å². The summed E-state index contributed by atoms with van der Waals surface area (Å²) < 4.78 is 10.7. The molecule has 1 aromatic carbocycles. The number of halogens is 2. The quantitative estimate of drug-likeness (QED) is 0.465. The summed E-state index contributed by atoms with van der Waals surface area (Å²) in [4.78, 5) is 41.2. The third kappa shape index (κ3) is 4.79. The molecule has 8 nitrogen and oxygen atoms in total. The van der Waals surface area contributed by atoms with Crippen LogP contribution in [-0.2, 0) is 9.53 Å². The van der Waals surface area contributed by atoms with Gasteiger partial charge in [0.25, 0.3) is 11.8 Å². The molecule has 2 aromatic heterocycles. The van der Waals surface area contributed by atoms with Gasteiger partial charge in [0.15, 0.2) is 12.4 Å². The van der Waals surface area contributed by atoms with Crippen molar-refractivity contribution in [2.24, 2.45) is 5.73 Å². The Labute approximate surface area is 197 Å². The minimum atomic E-state index is -0.712. The van der Waals surface area contributed by atoms with Gasteiger partial charge in [-0.3, -0.25) is 9.59 Å². The Morgan fingerprint density at radius 3 is 2.56 bits per heavy atom. The Kier molecular flexibility index (Phi) is 7.22. The van der Waals surface area contributed by atoms with E-state index < -0.39 is 24.4 Å². The maximum Gasteiger partial charge on any atom is 0.341 e. The van der Waals surface area contributed by atoms with Crippen LogP contribution in [0.15, 0.2) is 18.2 Å². The highest BCUT2D eigenvalue weighted by Crippen LogP contribution is 2.37. The van der Waals surface area contributed by atoms with Crippen LogP contribution in [0.2, 0.25) is 10.0 Å². The van der Waals surface area contributed by atoms with Crippen LogP contribution in [0.5, 0.6) is 5.75 Å². The number of esters is 1. The summed E-state index contributed by atoms with van der Waals surface area (Å²) in [6, 6.07) is 5.09. The molecule has 0 bridgehead atoms. The SMILES string of the molecule is CCOC(=O)c1c(NC(=O)COc2c(Cl)cc(Cl)c3ccc(C)nc23)sc(C(N)=O)c1C. The molecule has 0 unspecified atom stereocenters. The van der Waals surface area contributed by atoms with Crippen molar-refractivity contribution in [3.8, 4) is 5.75 Å². The van der Waals surface area contributed by atoms with Crippen LogP contribution >= 0.6 is 34.5 Å². The molecule has 3 rings (SSSR count). The lowest BCUT2D eigenvalue weighted by molar-refractivity contribution is -0.118. The van der Waals surface area contributed by atoms with Crippen LogP contribution in [0.25, 0.3) is 10.9 Å². The zero-order valence-electron chi connectivity index (χ0n) is 17.4. The van der Waals surface area contributed by atoms with Gasteiger partial charge < -0.3 is 20.5 Å². The summed E-state index contributed by atoms with van der Waals surface area (Å²) >= 11 is 13.4. The molecule has 0 fully saturated rings. The van der Waals surface area contributed by atoms with E-state index in [1.54, 1.807) is 32.9 Å².